The number of allylic oxidation sites excluding steroid dienone is 10. The molecule has 64 heavy (non-hydrogen) atoms. The zero-order valence-corrected chi connectivity index (χ0v) is 42.8. The summed E-state index contributed by atoms with van der Waals surface area (Å²) in [7, 11) is 0. The van der Waals surface area contributed by atoms with Crippen molar-refractivity contribution in [2.45, 2.75) is 284 Å². The lowest BCUT2D eigenvalue weighted by molar-refractivity contribution is -0.163. The standard InChI is InChI=1S/C59H106O5/c1-4-7-10-13-16-19-22-25-27-29-30-31-32-35-37-40-43-46-49-52-58(60)63-56-57(64-59(61)53-50-47-44-41-38-34-24-21-18-15-12-9-6-3)55-62-54-51-48-45-42-39-36-33-28-26-23-20-17-14-11-8-5-2/h8,11,17,20,25-28,36,39,57H,4-7,9-10,12-16,18-19,21-24,29-35,37-38,40-56H2,1-3H3/b11-8-,20-17-,27-25-,28-26-,39-36-. The van der Waals surface area contributed by atoms with Gasteiger partial charge in [-0.15, -0.1) is 0 Å². The van der Waals surface area contributed by atoms with Crippen LogP contribution < -0.4 is 0 Å². The van der Waals surface area contributed by atoms with Crippen LogP contribution in [0.3, 0.4) is 0 Å². The highest BCUT2D eigenvalue weighted by Gasteiger charge is 2.17. The summed E-state index contributed by atoms with van der Waals surface area (Å²) in [4.78, 5) is 25.5. The largest absolute Gasteiger partial charge is 0.462 e. The molecule has 0 aromatic carbocycles. The molecule has 0 aliphatic rings. The first-order chi connectivity index (χ1) is 31.6. The summed E-state index contributed by atoms with van der Waals surface area (Å²) in [5.74, 6) is -0.407. The lowest BCUT2D eigenvalue weighted by Gasteiger charge is -2.18. The normalized spacial score (nSPS) is 12.6. The van der Waals surface area contributed by atoms with E-state index in [1.165, 1.54) is 167 Å². The molecule has 0 N–H and O–H groups in total. The van der Waals surface area contributed by atoms with Crippen molar-refractivity contribution in [3.8, 4) is 0 Å². The van der Waals surface area contributed by atoms with Crippen molar-refractivity contribution in [3.63, 3.8) is 0 Å². The Balaban J connectivity index is 4.27. The summed E-state index contributed by atoms with van der Waals surface area (Å²) in [5, 5.41) is 0. The third-order valence-corrected chi connectivity index (χ3v) is 12.0. The van der Waals surface area contributed by atoms with Crippen LogP contribution in [0.2, 0.25) is 0 Å². The fourth-order valence-corrected chi connectivity index (χ4v) is 7.91. The van der Waals surface area contributed by atoms with Gasteiger partial charge in [-0.1, -0.05) is 242 Å². The highest BCUT2D eigenvalue weighted by atomic mass is 16.6. The van der Waals surface area contributed by atoms with Gasteiger partial charge < -0.3 is 14.2 Å². The number of ether oxygens (including phenoxy) is 3. The molecule has 0 amide bonds. The van der Waals surface area contributed by atoms with Gasteiger partial charge in [0.05, 0.1) is 6.61 Å². The monoisotopic (exact) mass is 895 g/mol. The summed E-state index contributed by atoms with van der Waals surface area (Å²) in [6, 6.07) is 0. The van der Waals surface area contributed by atoms with E-state index in [9.17, 15) is 9.59 Å². The van der Waals surface area contributed by atoms with Crippen molar-refractivity contribution in [1.82, 2.24) is 0 Å². The van der Waals surface area contributed by atoms with Crippen molar-refractivity contribution in [2.75, 3.05) is 19.8 Å². The van der Waals surface area contributed by atoms with Gasteiger partial charge in [0.15, 0.2) is 6.10 Å². The van der Waals surface area contributed by atoms with Crippen LogP contribution in [-0.2, 0) is 23.8 Å². The Kier molecular flexibility index (Phi) is 52.9. The number of carbonyl (C=O) groups excluding carboxylic acids is 2. The van der Waals surface area contributed by atoms with Crippen LogP contribution in [0.15, 0.2) is 60.8 Å². The van der Waals surface area contributed by atoms with E-state index in [1.54, 1.807) is 0 Å². The van der Waals surface area contributed by atoms with E-state index < -0.39 is 6.10 Å². The van der Waals surface area contributed by atoms with Crippen LogP contribution in [0.4, 0.5) is 0 Å². The topological polar surface area (TPSA) is 61.8 Å². The van der Waals surface area contributed by atoms with Crippen LogP contribution >= 0.6 is 0 Å². The van der Waals surface area contributed by atoms with Gasteiger partial charge >= 0.3 is 11.9 Å². The molecular weight excluding hydrogens is 789 g/mol. The number of hydrogen-bond acceptors (Lipinski definition) is 5. The lowest BCUT2D eigenvalue weighted by atomic mass is 10.0. The van der Waals surface area contributed by atoms with Crippen molar-refractivity contribution >= 4 is 11.9 Å². The van der Waals surface area contributed by atoms with E-state index in [1.807, 2.05) is 0 Å². The van der Waals surface area contributed by atoms with Crippen LogP contribution in [0, 0.1) is 0 Å². The minimum absolute atomic E-state index is 0.0733. The van der Waals surface area contributed by atoms with E-state index in [4.69, 9.17) is 14.2 Å². The Bertz CT molecular complexity index is 1100. The Hall–Kier alpha value is -2.40. The van der Waals surface area contributed by atoms with E-state index in [0.717, 1.165) is 77.0 Å². The van der Waals surface area contributed by atoms with Crippen molar-refractivity contribution in [2.24, 2.45) is 0 Å². The SMILES string of the molecule is CC/C=C\C/C=C\C/C=C\C/C=C\CCCCCOCC(COC(=O)CCCCCCCCCCC/C=C\CCCCCCCC)OC(=O)CCCCCCCCCCCCCCC. The highest BCUT2D eigenvalue weighted by Crippen LogP contribution is 2.15. The van der Waals surface area contributed by atoms with Gasteiger partial charge in [0.1, 0.15) is 6.61 Å². The predicted molar refractivity (Wildman–Crippen MR) is 279 cm³/mol. The molecule has 0 rings (SSSR count). The van der Waals surface area contributed by atoms with E-state index in [0.29, 0.717) is 19.4 Å². The summed E-state index contributed by atoms with van der Waals surface area (Å²) < 4.78 is 17.4. The third-order valence-electron chi connectivity index (χ3n) is 12.0. The maximum absolute atomic E-state index is 12.8. The molecule has 372 valence electrons. The smallest absolute Gasteiger partial charge is 0.306 e. The van der Waals surface area contributed by atoms with Crippen molar-refractivity contribution in [3.05, 3.63) is 60.8 Å². The maximum Gasteiger partial charge on any atom is 0.306 e. The number of hydrogen-bond donors (Lipinski definition) is 0. The Morgan fingerprint density at radius 1 is 0.359 bits per heavy atom. The first kappa shape index (κ1) is 61.6. The average Bonchev–Trinajstić information content (AvgIpc) is 3.30. The second-order valence-electron chi connectivity index (χ2n) is 18.5. The van der Waals surface area contributed by atoms with Crippen molar-refractivity contribution in [1.29, 1.82) is 0 Å². The number of carbonyl (C=O) groups is 2. The van der Waals surface area contributed by atoms with E-state index in [2.05, 4.69) is 81.5 Å². The number of rotatable bonds is 51. The fourth-order valence-electron chi connectivity index (χ4n) is 7.91. The van der Waals surface area contributed by atoms with Gasteiger partial charge in [-0.3, -0.25) is 9.59 Å². The molecule has 5 nitrogen and oxygen atoms in total. The van der Waals surface area contributed by atoms with Crippen LogP contribution in [0.5, 0.6) is 0 Å². The third kappa shape index (κ3) is 52.2. The number of unbranched alkanes of at least 4 members (excludes halogenated alkanes) is 30. The molecule has 0 saturated carbocycles. The molecule has 0 heterocycles. The molecule has 0 spiro atoms. The molecule has 0 aliphatic carbocycles. The lowest BCUT2D eigenvalue weighted by Crippen LogP contribution is -2.30. The molecule has 0 fully saturated rings. The Morgan fingerprint density at radius 2 is 0.703 bits per heavy atom. The summed E-state index contributed by atoms with van der Waals surface area (Å²) in [6.07, 6.45) is 69.5. The van der Waals surface area contributed by atoms with Crippen LogP contribution in [0.1, 0.15) is 278 Å². The molecule has 0 radical (unpaired) electrons. The molecule has 5 heteroatoms. The van der Waals surface area contributed by atoms with Crippen LogP contribution in [-0.4, -0.2) is 37.9 Å². The quantitative estimate of drug-likeness (QED) is 0.0346. The minimum Gasteiger partial charge on any atom is -0.462 e. The second-order valence-corrected chi connectivity index (χ2v) is 18.5. The second kappa shape index (κ2) is 54.9. The number of esters is 2. The first-order valence-electron chi connectivity index (χ1n) is 27.8. The Labute approximate surface area is 398 Å². The molecule has 1 unspecified atom stereocenters. The fraction of sp³-hybridized carbons (Fsp3) is 0.797. The van der Waals surface area contributed by atoms with Gasteiger partial charge in [0, 0.05) is 19.4 Å². The van der Waals surface area contributed by atoms with Gasteiger partial charge in [0.25, 0.3) is 0 Å². The van der Waals surface area contributed by atoms with Gasteiger partial charge in [-0.05, 0) is 83.5 Å². The van der Waals surface area contributed by atoms with E-state index >= 15 is 0 Å². The summed E-state index contributed by atoms with van der Waals surface area (Å²) in [6.45, 7) is 7.67. The van der Waals surface area contributed by atoms with Gasteiger partial charge in [-0.2, -0.15) is 0 Å². The molecule has 0 saturated heterocycles. The van der Waals surface area contributed by atoms with Crippen molar-refractivity contribution < 1.29 is 23.8 Å². The molecule has 0 bridgehead atoms. The summed E-state index contributed by atoms with van der Waals surface area (Å²) in [5.41, 5.74) is 0. The van der Waals surface area contributed by atoms with Gasteiger partial charge in [0.2, 0.25) is 0 Å². The van der Waals surface area contributed by atoms with E-state index in [-0.39, 0.29) is 25.2 Å². The zero-order chi connectivity index (χ0) is 46.3. The Morgan fingerprint density at radius 3 is 1.14 bits per heavy atom. The molecule has 0 aliphatic heterocycles. The minimum atomic E-state index is -0.552. The molecule has 0 aromatic heterocycles. The molecule has 0 aromatic rings. The average molecular weight is 895 g/mol. The maximum atomic E-state index is 12.8. The zero-order valence-electron chi connectivity index (χ0n) is 42.8. The highest BCUT2D eigenvalue weighted by molar-refractivity contribution is 5.70. The van der Waals surface area contributed by atoms with Gasteiger partial charge in [-0.25, -0.2) is 0 Å². The van der Waals surface area contributed by atoms with Crippen LogP contribution in [0.25, 0.3) is 0 Å². The molecule has 1 atom stereocenters. The summed E-state index contributed by atoms with van der Waals surface area (Å²) >= 11 is 0. The molecular formula is C59H106O5. The predicted octanol–water partition coefficient (Wildman–Crippen LogP) is 18.9. The first-order valence-corrected chi connectivity index (χ1v) is 27.8.